The first-order valence-corrected chi connectivity index (χ1v) is 33.4. The number of esters is 3. The van der Waals surface area contributed by atoms with Gasteiger partial charge in [-0.15, -0.1) is 0 Å². The summed E-state index contributed by atoms with van der Waals surface area (Å²) in [5, 5.41) is 0. The zero-order chi connectivity index (χ0) is 57.1. The van der Waals surface area contributed by atoms with Gasteiger partial charge in [0.25, 0.3) is 0 Å². The molecule has 0 aromatic heterocycles. The first-order chi connectivity index (χ1) is 39.0. The second kappa shape index (κ2) is 66.6. The molecule has 0 heterocycles. The maximum atomic E-state index is 12.9. The van der Waals surface area contributed by atoms with Gasteiger partial charge in [-0.1, -0.05) is 304 Å². The third-order valence-corrected chi connectivity index (χ3v) is 14.3. The molecule has 6 heteroatoms. The topological polar surface area (TPSA) is 78.9 Å². The van der Waals surface area contributed by atoms with Crippen molar-refractivity contribution in [2.75, 3.05) is 13.2 Å². The van der Waals surface area contributed by atoms with Gasteiger partial charge in [-0.25, -0.2) is 0 Å². The minimum atomic E-state index is -0.786. The molecule has 0 aliphatic heterocycles. The molecule has 0 spiro atoms. The average Bonchev–Trinajstić information content (AvgIpc) is 3.45. The first-order valence-electron chi connectivity index (χ1n) is 33.4. The Balaban J connectivity index is 4.19. The van der Waals surface area contributed by atoms with Crippen LogP contribution in [0.3, 0.4) is 0 Å². The highest BCUT2D eigenvalue weighted by Gasteiger charge is 2.19. The average molecular weight is 1100 g/mol. The van der Waals surface area contributed by atoms with E-state index in [4.69, 9.17) is 14.2 Å². The predicted octanol–water partition coefficient (Wildman–Crippen LogP) is 23.0. The molecule has 0 N–H and O–H groups in total. The first kappa shape index (κ1) is 75.1. The van der Waals surface area contributed by atoms with Gasteiger partial charge in [-0.05, 0) is 103 Å². The maximum Gasteiger partial charge on any atom is 0.306 e. The SMILES string of the molecule is CC/C=C\C/C=C\C/C=C\C/C=C\C/C=C\C/C=C\CCCCCCCCCCCCCCCCC(=O)OCC(COC(=O)CCCCCCCCCCCCCCC)OC(=O)CCCCCCC/C=C\C/C=C\C/C=C\CC. The van der Waals surface area contributed by atoms with E-state index in [1.54, 1.807) is 0 Å². The van der Waals surface area contributed by atoms with E-state index in [1.807, 2.05) is 0 Å². The minimum Gasteiger partial charge on any atom is -0.462 e. The fourth-order valence-electron chi connectivity index (χ4n) is 9.35. The van der Waals surface area contributed by atoms with Gasteiger partial charge in [0, 0.05) is 19.3 Å². The fraction of sp³-hybridized carbons (Fsp3) is 0.712. The van der Waals surface area contributed by atoms with Crippen molar-refractivity contribution in [3.8, 4) is 0 Å². The molecule has 0 saturated heterocycles. The van der Waals surface area contributed by atoms with Crippen LogP contribution in [0.15, 0.2) is 109 Å². The Morgan fingerprint density at radius 3 is 0.772 bits per heavy atom. The normalized spacial score (nSPS) is 12.8. The predicted molar refractivity (Wildman–Crippen MR) is 343 cm³/mol. The van der Waals surface area contributed by atoms with Crippen LogP contribution < -0.4 is 0 Å². The lowest BCUT2D eigenvalue weighted by Gasteiger charge is -2.18. The third-order valence-electron chi connectivity index (χ3n) is 14.3. The number of rotatable bonds is 60. The highest BCUT2D eigenvalue weighted by atomic mass is 16.6. The van der Waals surface area contributed by atoms with Crippen molar-refractivity contribution in [1.82, 2.24) is 0 Å². The Labute approximate surface area is 489 Å². The zero-order valence-electron chi connectivity index (χ0n) is 51.9. The molecule has 452 valence electrons. The van der Waals surface area contributed by atoms with Gasteiger partial charge in [0.1, 0.15) is 13.2 Å². The molecule has 0 rings (SSSR count). The minimum absolute atomic E-state index is 0.0815. The van der Waals surface area contributed by atoms with Gasteiger partial charge >= 0.3 is 17.9 Å². The number of hydrogen-bond acceptors (Lipinski definition) is 6. The van der Waals surface area contributed by atoms with Crippen LogP contribution in [0.25, 0.3) is 0 Å². The molecule has 0 aliphatic rings. The molecule has 1 atom stereocenters. The molecule has 0 aliphatic carbocycles. The number of ether oxygens (including phenoxy) is 3. The van der Waals surface area contributed by atoms with Crippen molar-refractivity contribution in [1.29, 1.82) is 0 Å². The number of allylic oxidation sites excluding steroid dienone is 18. The molecule has 0 fully saturated rings. The molecule has 0 aromatic rings. The number of unbranched alkanes of at least 4 members (excludes halogenated alkanes) is 31. The van der Waals surface area contributed by atoms with Crippen LogP contribution in [-0.4, -0.2) is 37.2 Å². The van der Waals surface area contributed by atoms with Crippen molar-refractivity contribution in [3.63, 3.8) is 0 Å². The summed E-state index contributed by atoms with van der Waals surface area (Å²) in [6.45, 7) is 6.42. The van der Waals surface area contributed by atoms with E-state index < -0.39 is 6.10 Å². The Hall–Kier alpha value is -3.93. The highest BCUT2D eigenvalue weighted by Crippen LogP contribution is 2.17. The molecule has 1 unspecified atom stereocenters. The quantitative estimate of drug-likeness (QED) is 0.0261. The Bertz CT molecular complexity index is 1590. The van der Waals surface area contributed by atoms with Crippen molar-refractivity contribution in [2.45, 2.75) is 322 Å². The Morgan fingerprint density at radius 2 is 0.494 bits per heavy atom. The summed E-state index contributed by atoms with van der Waals surface area (Å²) in [6.07, 6.45) is 91.1. The van der Waals surface area contributed by atoms with Gasteiger partial charge in [0.15, 0.2) is 6.10 Å². The van der Waals surface area contributed by atoms with Gasteiger partial charge in [0.05, 0.1) is 0 Å². The molecule has 0 aromatic carbocycles. The van der Waals surface area contributed by atoms with E-state index in [0.29, 0.717) is 19.3 Å². The molecular weight excluding hydrogens is 973 g/mol. The monoisotopic (exact) mass is 1100 g/mol. The standard InChI is InChI=1S/C73H124O6/c1-4-7-10-13-16-19-22-25-27-28-29-30-31-32-33-34-35-36-37-38-39-40-41-42-43-44-46-48-51-54-57-60-63-66-72(75)78-69-70(68-77-71(74)65-62-59-56-53-50-47-24-21-18-15-12-9-6-3)79-73(76)67-64-61-58-55-52-49-45-26-23-20-17-14-11-8-5-2/h7-8,10-11,16-17,19-20,25-27,29-30,32-33,35-36,45,70H,4-6,9,12-15,18,21-24,28,31,34,37-44,46-69H2,1-3H3/b10-7-,11-8-,19-16-,20-17-,27-25-,30-29-,33-32-,36-35-,45-26-. The molecule has 0 radical (unpaired) electrons. The second-order valence-corrected chi connectivity index (χ2v) is 22.0. The van der Waals surface area contributed by atoms with Crippen molar-refractivity contribution < 1.29 is 28.6 Å². The van der Waals surface area contributed by atoms with E-state index in [2.05, 4.69) is 130 Å². The van der Waals surface area contributed by atoms with Crippen molar-refractivity contribution in [2.24, 2.45) is 0 Å². The molecule has 0 saturated carbocycles. The smallest absolute Gasteiger partial charge is 0.306 e. The highest BCUT2D eigenvalue weighted by molar-refractivity contribution is 5.71. The third kappa shape index (κ3) is 64.8. The van der Waals surface area contributed by atoms with Gasteiger partial charge in [-0.2, -0.15) is 0 Å². The Kier molecular flexibility index (Phi) is 63.3. The van der Waals surface area contributed by atoms with Crippen LogP contribution in [0.4, 0.5) is 0 Å². The molecule has 0 amide bonds. The fourth-order valence-corrected chi connectivity index (χ4v) is 9.35. The summed E-state index contributed by atoms with van der Waals surface area (Å²) < 4.78 is 16.9. The van der Waals surface area contributed by atoms with Gasteiger partial charge < -0.3 is 14.2 Å². The largest absolute Gasteiger partial charge is 0.462 e. The lowest BCUT2D eigenvalue weighted by molar-refractivity contribution is -0.167. The van der Waals surface area contributed by atoms with Crippen LogP contribution in [0.2, 0.25) is 0 Å². The van der Waals surface area contributed by atoms with Crippen LogP contribution in [0.1, 0.15) is 316 Å². The summed E-state index contributed by atoms with van der Waals surface area (Å²) in [7, 11) is 0. The summed E-state index contributed by atoms with van der Waals surface area (Å²) in [4.78, 5) is 38.3. The molecule has 79 heavy (non-hydrogen) atoms. The van der Waals surface area contributed by atoms with Gasteiger partial charge in [0.2, 0.25) is 0 Å². The molecular formula is C73H124O6. The molecule has 0 bridgehead atoms. The maximum absolute atomic E-state index is 12.9. The van der Waals surface area contributed by atoms with E-state index in [1.165, 1.54) is 141 Å². The van der Waals surface area contributed by atoms with Crippen LogP contribution >= 0.6 is 0 Å². The van der Waals surface area contributed by atoms with Crippen LogP contribution in [-0.2, 0) is 28.6 Å². The number of hydrogen-bond donors (Lipinski definition) is 0. The zero-order valence-corrected chi connectivity index (χ0v) is 51.9. The van der Waals surface area contributed by atoms with Crippen molar-refractivity contribution >= 4 is 17.9 Å². The van der Waals surface area contributed by atoms with Gasteiger partial charge in [-0.3, -0.25) is 14.4 Å². The summed E-state index contributed by atoms with van der Waals surface area (Å²) in [6, 6.07) is 0. The Morgan fingerprint density at radius 1 is 0.266 bits per heavy atom. The number of carbonyl (C=O) groups is 3. The van der Waals surface area contributed by atoms with E-state index in [0.717, 1.165) is 135 Å². The second-order valence-electron chi connectivity index (χ2n) is 22.0. The molecule has 6 nitrogen and oxygen atoms in total. The van der Waals surface area contributed by atoms with E-state index >= 15 is 0 Å². The summed E-state index contributed by atoms with van der Waals surface area (Å²) >= 11 is 0. The summed E-state index contributed by atoms with van der Waals surface area (Å²) in [5.74, 6) is -0.888. The lowest BCUT2D eigenvalue weighted by Crippen LogP contribution is -2.30. The van der Waals surface area contributed by atoms with Crippen molar-refractivity contribution in [3.05, 3.63) is 109 Å². The van der Waals surface area contributed by atoms with E-state index in [-0.39, 0.29) is 31.1 Å². The van der Waals surface area contributed by atoms with E-state index in [9.17, 15) is 14.4 Å². The number of carbonyl (C=O) groups excluding carboxylic acids is 3. The lowest BCUT2D eigenvalue weighted by atomic mass is 10.0. The summed E-state index contributed by atoms with van der Waals surface area (Å²) in [5.41, 5.74) is 0. The van der Waals surface area contributed by atoms with Crippen LogP contribution in [0.5, 0.6) is 0 Å². The van der Waals surface area contributed by atoms with Crippen LogP contribution in [0, 0.1) is 0 Å².